The van der Waals surface area contributed by atoms with Crippen molar-refractivity contribution in [3.8, 4) is 6.07 Å². The largest absolute Gasteiger partial charge is 0.370 e. The topological polar surface area (TPSA) is 52.0 Å². The standard InChI is InChI=1S/C19H22N4/c1-15-4-2-7-19(22-15)21-12-18-8-9-23(14-18)13-17-6-3-5-16(10-17)11-20/h2-7,10,18H,8-9,12-14H2,1H3,(H,21,22)/t18-/m1/s1. The molecule has 0 radical (unpaired) electrons. The fourth-order valence-electron chi connectivity index (χ4n) is 3.11. The molecule has 2 aromatic rings. The van der Waals surface area contributed by atoms with Crippen LogP contribution in [0.15, 0.2) is 42.5 Å². The van der Waals surface area contributed by atoms with Crippen molar-refractivity contribution in [3.63, 3.8) is 0 Å². The first kappa shape index (κ1) is 15.5. The first-order valence-corrected chi connectivity index (χ1v) is 8.12. The second-order valence-electron chi connectivity index (χ2n) is 6.25. The third-order valence-corrected chi connectivity index (χ3v) is 4.29. The number of nitrogens with one attached hydrogen (secondary N) is 1. The second-order valence-corrected chi connectivity index (χ2v) is 6.25. The highest BCUT2D eigenvalue weighted by Crippen LogP contribution is 2.19. The van der Waals surface area contributed by atoms with Crippen molar-refractivity contribution in [1.29, 1.82) is 5.26 Å². The van der Waals surface area contributed by atoms with Crippen LogP contribution in [0.2, 0.25) is 0 Å². The smallest absolute Gasteiger partial charge is 0.126 e. The van der Waals surface area contributed by atoms with E-state index < -0.39 is 0 Å². The highest BCUT2D eigenvalue weighted by molar-refractivity contribution is 5.35. The molecule has 2 heterocycles. The Hall–Kier alpha value is -2.38. The lowest BCUT2D eigenvalue weighted by Gasteiger charge is -2.16. The minimum atomic E-state index is 0.650. The lowest BCUT2D eigenvalue weighted by atomic mass is 10.1. The number of rotatable bonds is 5. The molecule has 1 aliphatic rings. The fraction of sp³-hybridized carbons (Fsp3) is 0.368. The highest BCUT2D eigenvalue weighted by atomic mass is 15.1. The van der Waals surface area contributed by atoms with Crippen molar-refractivity contribution in [1.82, 2.24) is 9.88 Å². The third-order valence-electron chi connectivity index (χ3n) is 4.29. The molecule has 1 aromatic carbocycles. The molecule has 1 atom stereocenters. The summed E-state index contributed by atoms with van der Waals surface area (Å²) in [6, 6.07) is 16.2. The van der Waals surface area contributed by atoms with Crippen LogP contribution in [0.25, 0.3) is 0 Å². The Balaban J connectivity index is 1.49. The van der Waals surface area contributed by atoms with E-state index in [2.05, 4.69) is 27.3 Å². The predicted octanol–water partition coefficient (Wildman–Crippen LogP) is 3.20. The van der Waals surface area contributed by atoms with Gasteiger partial charge in [0.15, 0.2) is 0 Å². The van der Waals surface area contributed by atoms with Gasteiger partial charge in [-0.2, -0.15) is 5.26 Å². The summed E-state index contributed by atoms with van der Waals surface area (Å²) in [6.45, 7) is 6.11. The van der Waals surface area contributed by atoms with E-state index in [1.165, 1.54) is 12.0 Å². The molecule has 1 saturated heterocycles. The van der Waals surface area contributed by atoms with Crippen LogP contribution in [0.1, 0.15) is 23.2 Å². The van der Waals surface area contributed by atoms with Gasteiger partial charge >= 0.3 is 0 Å². The minimum Gasteiger partial charge on any atom is -0.370 e. The summed E-state index contributed by atoms with van der Waals surface area (Å²) in [6.07, 6.45) is 1.21. The van der Waals surface area contributed by atoms with Crippen molar-refractivity contribution in [2.45, 2.75) is 19.9 Å². The zero-order chi connectivity index (χ0) is 16.1. The van der Waals surface area contributed by atoms with E-state index in [9.17, 15) is 0 Å². The lowest BCUT2D eigenvalue weighted by Crippen LogP contribution is -2.22. The second kappa shape index (κ2) is 7.26. The van der Waals surface area contributed by atoms with Gasteiger partial charge in [0, 0.05) is 25.3 Å². The molecule has 0 unspecified atom stereocenters. The maximum atomic E-state index is 8.98. The van der Waals surface area contributed by atoms with Crippen LogP contribution in [0.4, 0.5) is 5.82 Å². The van der Waals surface area contributed by atoms with Gasteiger partial charge in [-0.05, 0) is 55.6 Å². The molecule has 4 heteroatoms. The van der Waals surface area contributed by atoms with Crippen LogP contribution in [0, 0.1) is 24.2 Å². The van der Waals surface area contributed by atoms with Crippen molar-refractivity contribution in [2.75, 3.05) is 25.0 Å². The zero-order valence-electron chi connectivity index (χ0n) is 13.5. The summed E-state index contributed by atoms with van der Waals surface area (Å²) < 4.78 is 0. The molecule has 0 bridgehead atoms. The molecule has 3 rings (SSSR count). The molecule has 0 spiro atoms. The van der Waals surface area contributed by atoms with Gasteiger partial charge in [-0.3, -0.25) is 4.90 Å². The monoisotopic (exact) mass is 306 g/mol. The first-order chi connectivity index (χ1) is 11.2. The van der Waals surface area contributed by atoms with Gasteiger partial charge in [-0.15, -0.1) is 0 Å². The Labute approximate surface area is 137 Å². The SMILES string of the molecule is Cc1cccc(NC[C@H]2CCN(Cc3cccc(C#N)c3)C2)n1. The average Bonchev–Trinajstić information content (AvgIpc) is 3.01. The Morgan fingerprint density at radius 3 is 3.00 bits per heavy atom. The van der Waals surface area contributed by atoms with E-state index in [0.717, 1.165) is 43.3 Å². The number of pyridine rings is 1. The molecule has 0 aliphatic carbocycles. The van der Waals surface area contributed by atoms with Crippen molar-refractivity contribution < 1.29 is 0 Å². The summed E-state index contributed by atoms with van der Waals surface area (Å²) in [5.41, 5.74) is 3.00. The van der Waals surface area contributed by atoms with Crippen LogP contribution in [-0.2, 0) is 6.54 Å². The zero-order valence-corrected chi connectivity index (χ0v) is 13.5. The normalized spacial score (nSPS) is 17.8. The quantitative estimate of drug-likeness (QED) is 0.921. The molecular formula is C19H22N4. The maximum absolute atomic E-state index is 8.98. The predicted molar refractivity (Wildman–Crippen MR) is 92.0 cm³/mol. The van der Waals surface area contributed by atoms with Crippen molar-refractivity contribution in [2.24, 2.45) is 5.92 Å². The van der Waals surface area contributed by atoms with E-state index in [1.807, 2.05) is 43.3 Å². The third kappa shape index (κ3) is 4.30. The maximum Gasteiger partial charge on any atom is 0.126 e. The van der Waals surface area contributed by atoms with Gasteiger partial charge in [-0.1, -0.05) is 18.2 Å². The van der Waals surface area contributed by atoms with Crippen LogP contribution in [0.3, 0.4) is 0 Å². The summed E-state index contributed by atoms with van der Waals surface area (Å²) in [4.78, 5) is 6.95. The molecule has 23 heavy (non-hydrogen) atoms. The molecule has 1 aliphatic heterocycles. The fourth-order valence-corrected chi connectivity index (χ4v) is 3.11. The van der Waals surface area contributed by atoms with Crippen molar-refractivity contribution >= 4 is 5.82 Å². The molecule has 1 N–H and O–H groups in total. The summed E-state index contributed by atoms with van der Waals surface area (Å²) in [7, 11) is 0. The molecule has 0 amide bonds. The number of anilines is 1. The van der Waals surface area contributed by atoms with Crippen LogP contribution >= 0.6 is 0 Å². The van der Waals surface area contributed by atoms with Gasteiger partial charge in [0.2, 0.25) is 0 Å². The Bertz CT molecular complexity index is 705. The minimum absolute atomic E-state index is 0.650. The van der Waals surface area contributed by atoms with Gasteiger partial charge in [-0.25, -0.2) is 4.98 Å². The van der Waals surface area contributed by atoms with Crippen LogP contribution < -0.4 is 5.32 Å². The summed E-state index contributed by atoms with van der Waals surface area (Å²) in [5, 5.41) is 12.4. The number of benzene rings is 1. The Morgan fingerprint density at radius 2 is 2.17 bits per heavy atom. The molecular weight excluding hydrogens is 284 g/mol. The number of likely N-dealkylation sites (tertiary alicyclic amines) is 1. The number of hydrogen-bond acceptors (Lipinski definition) is 4. The summed E-state index contributed by atoms with van der Waals surface area (Å²) in [5.74, 6) is 1.61. The van der Waals surface area contributed by atoms with Crippen LogP contribution in [0.5, 0.6) is 0 Å². The molecule has 1 aromatic heterocycles. The van der Waals surface area contributed by atoms with E-state index in [1.54, 1.807) is 0 Å². The molecule has 4 nitrogen and oxygen atoms in total. The van der Waals surface area contributed by atoms with Gasteiger partial charge in [0.05, 0.1) is 11.6 Å². The number of aryl methyl sites for hydroxylation is 1. The van der Waals surface area contributed by atoms with Gasteiger partial charge < -0.3 is 5.32 Å². The highest BCUT2D eigenvalue weighted by Gasteiger charge is 2.22. The number of hydrogen-bond donors (Lipinski definition) is 1. The van der Waals surface area contributed by atoms with Crippen molar-refractivity contribution in [3.05, 3.63) is 59.3 Å². The average molecular weight is 306 g/mol. The van der Waals surface area contributed by atoms with E-state index in [-0.39, 0.29) is 0 Å². The molecule has 0 saturated carbocycles. The molecule has 1 fully saturated rings. The number of aromatic nitrogens is 1. The molecule has 118 valence electrons. The van der Waals surface area contributed by atoms with E-state index in [0.29, 0.717) is 5.92 Å². The van der Waals surface area contributed by atoms with Gasteiger partial charge in [0.1, 0.15) is 5.82 Å². The van der Waals surface area contributed by atoms with E-state index in [4.69, 9.17) is 5.26 Å². The van der Waals surface area contributed by atoms with Crippen LogP contribution in [-0.4, -0.2) is 29.5 Å². The summed E-state index contributed by atoms with van der Waals surface area (Å²) >= 11 is 0. The Kier molecular flexibility index (Phi) is 4.89. The number of nitrogens with zero attached hydrogens (tertiary/aromatic N) is 3. The number of nitriles is 1. The van der Waals surface area contributed by atoms with Gasteiger partial charge in [0.25, 0.3) is 0 Å². The lowest BCUT2D eigenvalue weighted by molar-refractivity contribution is 0.319. The Morgan fingerprint density at radius 1 is 1.30 bits per heavy atom. The first-order valence-electron chi connectivity index (χ1n) is 8.12. The van der Waals surface area contributed by atoms with E-state index >= 15 is 0 Å².